The van der Waals surface area contributed by atoms with E-state index in [1.807, 2.05) is 31.2 Å². The van der Waals surface area contributed by atoms with Gasteiger partial charge >= 0.3 is 0 Å². The van der Waals surface area contributed by atoms with Gasteiger partial charge in [-0.05, 0) is 36.6 Å². The molecule has 2 aromatic carbocycles. The highest BCUT2D eigenvalue weighted by molar-refractivity contribution is 7.14. The summed E-state index contributed by atoms with van der Waals surface area (Å²) >= 11 is 1.68. The lowest BCUT2D eigenvalue weighted by Gasteiger charge is -2.06. The monoisotopic (exact) mass is 350 g/mol. The molecule has 3 nitrogen and oxygen atoms in total. The summed E-state index contributed by atoms with van der Waals surface area (Å²) in [5, 5.41) is 10.6. The SMILES string of the molecule is CC=CCOc1ccc(-c2ccc(-c3nnc(CCC)s3)cc2)cc1. The van der Waals surface area contributed by atoms with Gasteiger partial charge < -0.3 is 4.74 Å². The summed E-state index contributed by atoms with van der Waals surface area (Å²) in [6.45, 7) is 4.75. The molecule has 3 rings (SSSR count). The van der Waals surface area contributed by atoms with Crippen molar-refractivity contribution in [1.82, 2.24) is 10.2 Å². The number of aromatic nitrogens is 2. The number of nitrogens with zero attached hydrogens (tertiary/aromatic N) is 2. The summed E-state index contributed by atoms with van der Waals surface area (Å²) in [6.07, 6.45) is 6.07. The molecule has 0 atom stereocenters. The Bertz CT molecular complexity index is 820. The number of benzene rings is 2. The average molecular weight is 350 g/mol. The normalized spacial score (nSPS) is 11.1. The van der Waals surface area contributed by atoms with Crippen LogP contribution >= 0.6 is 11.3 Å². The maximum atomic E-state index is 5.64. The average Bonchev–Trinajstić information content (AvgIpc) is 3.12. The zero-order valence-electron chi connectivity index (χ0n) is 14.6. The first-order valence-corrected chi connectivity index (χ1v) is 9.39. The number of aryl methyl sites for hydroxylation is 1. The van der Waals surface area contributed by atoms with Crippen molar-refractivity contribution in [2.24, 2.45) is 0 Å². The van der Waals surface area contributed by atoms with Crippen LogP contribution in [0.4, 0.5) is 0 Å². The quantitative estimate of drug-likeness (QED) is 0.507. The molecule has 4 heteroatoms. The first-order valence-electron chi connectivity index (χ1n) is 8.57. The summed E-state index contributed by atoms with van der Waals surface area (Å²) in [5.41, 5.74) is 3.48. The fraction of sp³-hybridized carbons (Fsp3) is 0.238. The third-order valence-corrected chi connectivity index (χ3v) is 4.86. The highest BCUT2D eigenvalue weighted by Gasteiger charge is 2.06. The van der Waals surface area contributed by atoms with Gasteiger partial charge in [-0.15, -0.1) is 10.2 Å². The van der Waals surface area contributed by atoms with Gasteiger partial charge in [-0.25, -0.2) is 0 Å². The molecule has 1 heterocycles. The van der Waals surface area contributed by atoms with Crippen molar-refractivity contribution in [2.45, 2.75) is 26.7 Å². The summed E-state index contributed by atoms with van der Waals surface area (Å²) in [4.78, 5) is 0. The fourth-order valence-corrected chi connectivity index (χ4v) is 3.42. The fourth-order valence-electron chi connectivity index (χ4n) is 2.47. The summed E-state index contributed by atoms with van der Waals surface area (Å²) < 4.78 is 5.64. The van der Waals surface area contributed by atoms with E-state index in [1.165, 1.54) is 11.1 Å². The molecule has 0 saturated heterocycles. The number of ether oxygens (including phenoxy) is 1. The molecule has 0 radical (unpaired) electrons. The van der Waals surface area contributed by atoms with Crippen molar-refractivity contribution >= 4 is 11.3 Å². The van der Waals surface area contributed by atoms with E-state index in [-0.39, 0.29) is 0 Å². The van der Waals surface area contributed by atoms with E-state index in [2.05, 4.69) is 53.5 Å². The first kappa shape index (κ1) is 17.4. The number of rotatable bonds is 7. The van der Waals surface area contributed by atoms with Gasteiger partial charge in [0.15, 0.2) is 0 Å². The minimum Gasteiger partial charge on any atom is -0.490 e. The summed E-state index contributed by atoms with van der Waals surface area (Å²) in [7, 11) is 0. The van der Waals surface area contributed by atoms with Gasteiger partial charge in [0.2, 0.25) is 0 Å². The van der Waals surface area contributed by atoms with E-state index >= 15 is 0 Å². The van der Waals surface area contributed by atoms with Crippen LogP contribution in [-0.2, 0) is 6.42 Å². The third-order valence-electron chi connectivity index (χ3n) is 3.83. The van der Waals surface area contributed by atoms with E-state index in [9.17, 15) is 0 Å². The largest absolute Gasteiger partial charge is 0.490 e. The second kappa shape index (κ2) is 8.58. The Kier molecular flexibility index (Phi) is 5.96. The molecule has 0 bridgehead atoms. The van der Waals surface area contributed by atoms with Crippen molar-refractivity contribution in [3.05, 3.63) is 65.7 Å². The van der Waals surface area contributed by atoms with Crippen LogP contribution in [0, 0.1) is 0 Å². The number of hydrogen-bond donors (Lipinski definition) is 0. The van der Waals surface area contributed by atoms with E-state index in [1.54, 1.807) is 11.3 Å². The van der Waals surface area contributed by atoms with Crippen LogP contribution in [0.3, 0.4) is 0 Å². The highest BCUT2D eigenvalue weighted by atomic mass is 32.1. The predicted octanol–water partition coefficient (Wildman–Crippen LogP) is 5.78. The zero-order valence-corrected chi connectivity index (χ0v) is 15.4. The van der Waals surface area contributed by atoms with Crippen molar-refractivity contribution in [3.8, 4) is 27.4 Å². The Balaban J connectivity index is 1.71. The minimum absolute atomic E-state index is 0.604. The molecule has 1 aromatic heterocycles. The van der Waals surface area contributed by atoms with Crippen molar-refractivity contribution in [2.75, 3.05) is 6.61 Å². The van der Waals surface area contributed by atoms with Gasteiger partial charge in [0, 0.05) is 12.0 Å². The Hall–Kier alpha value is -2.46. The van der Waals surface area contributed by atoms with Crippen molar-refractivity contribution in [3.63, 3.8) is 0 Å². The molecule has 0 fully saturated rings. The zero-order chi connectivity index (χ0) is 17.5. The van der Waals surface area contributed by atoms with Gasteiger partial charge in [-0.1, -0.05) is 66.8 Å². The van der Waals surface area contributed by atoms with Crippen LogP contribution in [0.1, 0.15) is 25.3 Å². The van der Waals surface area contributed by atoms with Crippen LogP contribution in [0.2, 0.25) is 0 Å². The van der Waals surface area contributed by atoms with Gasteiger partial charge in [-0.2, -0.15) is 0 Å². The maximum Gasteiger partial charge on any atom is 0.147 e. The van der Waals surface area contributed by atoms with Crippen LogP contribution in [0.15, 0.2) is 60.7 Å². The molecule has 25 heavy (non-hydrogen) atoms. The topological polar surface area (TPSA) is 35.0 Å². The molecule has 3 aromatic rings. The lowest BCUT2D eigenvalue weighted by molar-refractivity contribution is 0.363. The lowest BCUT2D eigenvalue weighted by atomic mass is 10.0. The Morgan fingerprint density at radius 3 is 2.20 bits per heavy atom. The Labute approximate surface area is 153 Å². The van der Waals surface area contributed by atoms with Gasteiger partial charge in [-0.3, -0.25) is 0 Å². The molecule has 0 amide bonds. The second-order valence-electron chi connectivity index (χ2n) is 5.73. The maximum absolute atomic E-state index is 5.64. The van der Waals surface area contributed by atoms with Gasteiger partial charge in [0.1, 0.15) is 22.4 Å². The van der Waals surface area contributed by atoms with E-state index in [4.69, 9.17) is 4.74 Å². The first-order chi connectivity index (χ1) is 12.3. The van der Waals surface area contributed by atoms with Crippen LogP contribution < -0.4 is 4.74 Å². The van der Waals surface area contributed by atoms with E-state index in [0.29, 0.717) is 6.61 Å². The van der Waals surface area contributed by atoms with Crippen molar-refractivity contribution in [1.29, 1.82) is 0 Å². The summed E-state index contributed by atoms with van der Waals surface area (Å²) in [5.74, 6) is 0.885. The smallest absolute Gasteiger partial charge is 0.147 e. The molecular weight excluding hydrogens is 328 g/mol. The lowest BCUT2D eigenvalue weighted by Crippen LogP contribution is -1.92. The standard InChI is InChI=1S/C21H22N2OS/c1-3-5-15-24-19-13-11-17(12-14-19)16-7-9-18(10-8-16)21-23-22-20(25-21)6-4-2/h3,5,7-14H,4,6,15H2,1-2H3. The van der Waals surface area contributed by atoms with E-state index in [0.717, 1.165) is 34.2 Å². The molecule has 0 aliphatic carbocycles. The van der Waals surface area contributed by atoms with Crippen molar-refractivity contribution < 1.29 is 4.74 Å². The molecule has 0 saturated carbocycles. The predicted molar refractivity (Wildman–Crippen MR) is 105 cm³/mol. The van der Waals surface area contributed by atoms with Crippen LogP contribution in [0.25, 0.3) is 21.7 Å². The van der Waals surface area contributed by atoms with Gasteiger partial charge in [0.05, 0.1) is 0 Å². The minimum atomic E-state index is 0.604. The molecule has 0 aliphatic rings. The molecular formula is C21H22N2OS. The van der Waals surface area contributed by atoms with Gasteiger partial charge in [0.25, 0.3) is 0 Å². The summed E-state index contributed by atoms with van der Waals surface area (Å²) in [6, 6.07) is 16.7. The van der Waals surface area contributed by atoms with Crippen LogP contribution in [-0.4, -0.2) is 16.8 Å². The Morgan fingerprint density at radius 1 is 0.920 bits per heavy atom. The van der Waals surface area contributed by atoms with Crippen LogP contribution in [0.5, 0.6) is 5.75 Å². The molecule has 0 N–H and O–H groups in total. The molecule has 128 valence electrons. The number of hydrogen-bond acceptors (Lipinski definition) is 4. The number of allylic oxidation sites excluding steroid dienone is 1. The molecule has 0 aliphatic heterocycles. The molecule has 0 spiro atoms. The molecule has 0 unspecified atom stereocenters. The Morgan fingerprint density at radius 2 is 1.56 bits per heavy atom. The highest BCUT2D eigenvalue weighted by Crippen LogP contribution is 2.28. The second-order valence-corrected chi connectivity index (χ2v) is 6.79. The third kappa shape index (κ3) is 4.54. The van der Waals surface area contributed by atoms with E-state index < -0.39 is 0 Å².